The van der Waals surface area contributed by atoms with Crippen LogP contribution in [0.4, 0.5) is 0 Å². The number of carbonyl (C=O) groups excluding carboxylic acids is 1. The van der Waals surface area contributed by atoms with E-state index in [-0.39, 0.29) is 5.91 Å². The molecule has 2 atom stereocenters. The molecule has 1 unspecified atom stereocenters. The SMILES string of the molecule is CN1CCC2(CCc3ccc(-c4cc5sc(CC(C#N)NC(=O)[C@@H]6CNCCCCO6)cc5s4)cc32)CC1. The van der Waals surface area contributed by atoms with Gasteiger partial charge in [0.25, 0.3) is 5.91 Å². The van der Waals surface area contributed by atoms with Crippen LogP contribution in [0.3, 0.4) is 0 Å². The highest BCUT2D eigenvalue weighted by Gasteiger charge is 2.40. The zero-order valence-corrected chi connectivity index (χ0v) is 23.7. The highest BCUT2D eigenvalue weighted by atomic mass is 32.1. The van der Waals surface area contributed by atoms with Crippen molar-refractivity contribution in [2.24, 2.45) is 0 Å². The van der Waals surface area contributed by atoms with Gasteiger partial charge in [-0.3, -0.25) is 4.79 Å². The molecular weight excluding hydrogens is 512 g/mol. The molecule has 1 amide bonds. The molecule has 2 aliphatic heterocycles. The van der Waals surface area contributed by atoms with Crippen molar-refractivity contribution in [1.82, 2.24) is 15.5 Å². The van der Waals surface area contributed by atoms with E-state index in [4.69, 9.17) is 4.74 Å². The van der Waals surface area contributed by atoms with Gasteiger partial charge in [0.1, 0.15) is 12.1 Å². The molecule has 2 aromatic heterocycles. The Bertz CT molecular complexity index is 1310. The zero-order valence-electron chi connectivity index (χ0n) is 22.1. The molecule has 0 bridgehead atoms. The number of hydrogen-bond donors (Lipinski definition) is 2. The molecule has 1 aliphatic carbocycles. The molecule has 4 heterocycles. The third kappa shape index (κ3) is 5.28. The minimum Gasteiger partial charge on any atom is -0.367 e. The lowest BCUT2D eigenvalue weighted by atomic mass is 9.73. The minimum atomic E-state index is -0.564. The van der Waals surface area contributed by atoms with Crippen LogP contribution in [0.1, 0.15) is 48.1 Å². The van der Waals surface area contributed by atoms with Crippen molar-refractivity contribution in [2.75, 3.05) is 39.8 Å². The van der Waals surface area contributed by atoms with Crippen LogP contribution in [-0.4, -0.2) is 62.8 Å². The van der Waals surface area contributed by atoms with E-state index in [2.05, 4.69) is 59.0 Å². The summed E-state index contributed by atoms with van der Waals surface area (Å²) in [5.41, 5.74) is 4.84. The van der Waals surface area contributed by atoms with Crippen LogP contribution in [0.25, 0.3) is 19.8 Å². The van der Waals surface area contributed by atoms with Crippen molar-refractivity contribution < 1.29 is 9.53 Å². The number of nitrogens with one attached hydrogen (secondary N) is 2. The van der Waals surface area contributed by atoms with Crippen LogP contribution in [-0.2, 0) is 27.8 Å². The van der Waals surface area contributed by atoms with Crippen molar-refractivity contribution in [3.63, 3.8) is 0 Å². The van der Waals surface area contributed by atoms with Crippen molar-refractivity contribution in [3.05, 3.63) is 46.3 Å². The smallest absolute Gasteiger partial charge is 0.251 e. The van der Waals surface area contributed by atoms with Gasteiger partial charge >= 0.3 is 0 Å². The van der Waals surface area contributed by atoms with Crippen molar-refractivity contribution in [1.29, 1.82) is 5.26 Å². The second-order valence-electron chi connectivity index (χ2n) is 11.2. The maximum Gasteiger partial charge on any atom is 0.251 e. The number of likely N-dealkylation sites (tertiary alicyclic amines) is 1. The van der Waals surface area contributed by atoms with Crippen LogP contribution >= 0.6 is 22.7 Å². The predicted molar refractivity (Wildman–Crippen MR) is 155 cm³/mol. The molecule has 38 heavy (non-hydrogen) atoms. The molecule has 0 radical (unpaired) electrons. The zero-order chi connectivity index (χ0) is 26.1. The largest absolute Gasteiger partial charge is 0.367 e. The lowest BCUT2D eigenvalue weighted by molar-refractivity contribution is -0.133. The van der Waals surface area contributed by atoms with Crippen LogP contribution in [0, 0.1) is 11.3 Å². The lowest BCUT2D eigenvalue weighted by Gasteiger charge is -2.38. The maximum absolute atomic E-state index is 12.7. The fourth-order valence-corrected chi connectivity index (χ4v) is 8.74. The molecule has 2 fully saturated rings. The molecule has 2 saturated heterocycles. The second-order valence-corrected chi connectivity index (χ2v) is 13.4. The fraction of sp³-hybridized carbons (Fsp3) is 0.533. The highest BCUT2D eigenvalue weighted by molar-refractivity contribution is 7.29. The number of amides is 1. The molecule has 2 N–H and O–H groups in total. The summed E-state index contributed by atoms with van der Waals surface area (Å²) in [6.07, 6.45) is 7.01. The van der Waals surface area contributed by atoms with E-state index in [0.29, 0.717) is 25.0 Å². The van der Waals surface area contributed by atoms with Gasteiger partial charge in [-0.05, 0) is 106 Å². The van der Waals surface area contributed by atoms with Crippen LogP contribution in [0.2, 0.25) is 0 Å². The maximum atomic E-state index is 12.7. The highest BCUT2D eigenvalue weighted by Crippen LogP contribution is 2.48. The number of fused-ring (bicyclic) bond motifs is 3. The van der Waals surface area contributed by atoms with E-state index in [0.717, 1.165) is 24.3 Å². The summed E-state index contributed by atoms with van der Waals surface area (Å²) >= 11 is 3.56. The number of piperidine rings is 1. The van der Waals surface area contributed by atoms with Gasteiger partial charge in [0, 0.05) is 38.7 Å². The average molecular weight is 549 g/mol. The number of benzene rings is 1. The average Bonchev–Trinajstić information content (AvgIpc) is 3.57. The summed E-state index contributed by atoms with van der Waals surface area (Å²) in [4.78, 5) is 17.6. The molecule has 8 heteroatoms. The number of nitriles is 1. The van der Waals surface area contributed by atoms with Crippen LogP contribution in [0.5, 0.6) is 0 Å². The summed E-state index contributed by atoms with van der Waals surface area (Å²) in [5, 5.41) is 15.9. The quantitative estimate of drug-likeness (QED) is 0.476. The number of nitrogens with zero attached hydrogens (tertiary/aromatic N) is 2. The van der Waals surface area contributed by atoms with Gasteiger partial charge in [0.05, 0.1) is 6.07 Å². The molecule has 1 spiro atoms. The minimum absolute atomic E-state index is 0.203. The number of carbonyl (C=O) groups is 1. The van der Waals surface area contributed by atoms with E-state index in [1.165, 1.54) is 58.6 Å². The molecule has 1 aromatic carbocycles. The number of rotatable bonds is 5. The Balaban J connectivity index is 1.14. The summed E-state index contributed by atoms with van der Waals surface area (Å²) < 4.78 is 8.23. The predicted octanol–water partition coefficient (Wildman–Crippen LogP) is 4.86. The standard InChI is InChI=1S/C30H36N4O2S2/c1-34-11-8-30(9-12-34)7-6-20-4-5-21(14-24(20)30)26-17-28-27(38-26)16-23(37-28)15-22(18-31)33-29(35)25-19-32-10-2-3-13-36-25/h4-5,14,16-17,22,25,32H,2-3,6-13,15,19H2,1H3,(H,33,35)/t22?,25-/m0/s1. The molecule has 3 aliphatic rings. The molecular formula is C30H36N4O2S2. The monoisotopic (exact) mass is 548 g/mol. The van der Waals surface area contributed by atoms with Gasteiger partial charge in [0.2, 0.25) is 0 Å². The number of ether oxygens (including phenoxy) is 1. The Kier molecular flexibility index (Phi) is 7.56. The Morgan fingerprint density at radius 1 is 1.21 bits per heavy atom. The molecule has 6 rings (SSSR count). The normalized spacial score (nSPS) is 22.5. The first kappa shape index (κ1) is 26.0. The first-order valence-corrected chi connectivity index (χ1v) is 15.5. The Morgan fingerprint density at radius 2 is 2.05 bits per heavy atom. The van der Waals surface area contributed by atoms with Gasteiger partial charge in [0.15, 0.2) is 0 Å². The first-order valence-electron chi connectivity index (χ1n) is 13.9. The van der Waals surface area contributed by atoms with E-state index in [1.54, 1.807) is 22.5 Å². The first-order chi connectivity index (χ1) is 18.5. The summed E-state index contributed by atoms with van der Waals surface area (Å²) in [5.74, 6) is -0.203. The van der Waals surface area contributed by atoms with Gasteiger partial charge in [-0.15, -0.1) is 22.7 Å². The third-order valence-corrected chi connectivity index (χ3v) is 11.0. The second kappa shape index (κ2) is 11.1. The van der Waals surface area contributed by atoms with Crippen LogP contribution in [0.15, 0.2) is 30.3 Å². The number of thiophene rings is 2. The van der Waals surface area contributed by atoms with E-state index in [1.807, 2.05) is 11.3 Å². The summed E-state index contributed by atoms with van der Waals surface area (Å²) in [6, 6.07) is 13.4. The third-order valence-electron chi connectivity index (χ3n) is 8.61. The molecule has 200 valence electrons. The van der Waals surface area contributed by atoms with Gasteiger partial charge in [-0.1, -0.05) is 12.1 Å². The lowest BCUT2D eigenvalue weighted by Crippen LogP contribution is -2.47. The van der Waals surface area contributed by atoms with Gasteiger partial charge in [-0.25, -0.2) is 0 Å². The van der Waals surface area contributed by atoms with Crippen molar-refractivity contribution >= 4 is 38.0 Å². The molecule has 0 saturated carbocycles. The fourth-order valence-electron chi connectivity index (χ4n) is 6.28. The van der Waals surface area contributed by atoms with Crippen molar-refractivity contribution in [3.8, 4) is 16.5 Å². The summed E-state index contributed by atoms with van der Waals surface area (Å²) in [6.45, 7) is 4.35. The Hall–Kier alpha value is -2.28. The van der Waals surface area contributed by atoms with E-state index in [9.17, 15) is 10.1 Å². The Labute approximate surface area is 233 Å². The van der Waals surface area contributed by atoms with Gasteiger partial charge < -0.3 is 20.3 Å². The topological polar surface area (TPSA) is 77.4 Å². The van der Waals surface area contributed by atoms with E-state index < -0.39 is 12.1 Å². The number of hydrogen-bond acceptors (Lipinski definition) is 7. The molecule has 3 aromatic rings. The number of aryl methyl sites for hydroxylation is 1. The van der Waals surface area contributed by atoms with E-state index >= 15 is 0 Å². The van der Waals surface area contributed by atoms with Crippen molar-refractivity contribution in [2.45, 2.75) is 62.5 Å². The van der Waals surface area contributed by atoms with Gasteiger partial charge in [-0.2, -0.15) is 5.26 Å². The molecule has 6 nitrogen and oxygen atoms in total. The van der Waals surface area contributed by atoms with Crippen LogP contribution < -0.4 is 10.6 Å². The summed E-state index contributed by atoms with van der Waals surface area (Å²) in [7, 11) is 2.24. The Morgan fingerprint density at radius 3 is 2.87 bits per heavy atom.